The molecule has 0 saturated carbocycles. The molecular formula is C17H11ClN4O. The van der Waals surface area contributed by atoms with Crippen LogP contribution in [0.1, 0.15) is 0 Å². The number of H-pyrrole nitrogens is 1. The van der Waals surface area contributed by atoms with Gasteiger partial charge in [0.05, 0.1) is 11.0 Å². The van der Waals surface area contributed by atoms with Gasteiger partial charge in [-0.05, 0) is 42.5 Å². The lowest BCUT2D eigenvalue weighted by molar-refractivity contribution is 0.455. The van der Waals surface area contributed by atoms with Crippen LogP contribution in [0.15, 0.2) is 60.7 Å². The molecule has 0 spiro atoms. The second-order valence-corrected chi connectivity index (χ2v) is 5.31. The number of aromatic nitrogens is 4. The molecule has 0 fully saturated rings. The number of imidazole rings is 1. The average molecular weight is 323 g/mol. The van der Waals surface area contributed by atoms with Gasteiger partial charge in [-0.15, -0.1) is 10.2 Å². The van der Waals surface area contributed by atoms with Crippen molar-refractivity contribution in [1.82, 2.24) is 20.2 Å². The molecule has 2 aromatic heterocycles. The van der Waals surface area contributed by atoms with Crippen LogP contribution in [-0.4, -0.2) is 20.2 Å². The Balaban J connectivity index is 1.58. The molecule has 0 atom stereocenters. The summed E-state index contributed by atoms with van der Waals surface area (Å²) in [7, 11) is 0. The maximum atomic E-state index is 5.70. The maximum absolute atomic E-state index is 5.70. The van der Waals surface area contributed by atoms with Crippen LogP contribution in [-0.2, 0) is 0 Å². The third-order valence-corrected chi connectivity index (χ3v) is 3.55. The SMILES string of the molecule is Clc1ccc(Oc2ccc(-c3nc4ccccc4[nH]3)cc2)nn1. The summed E-state index contributed by atoms with van der Waals surface area (Å²) in [5.74, 6) is 1.89. The van der Waals surface area contributed by atoms with Crippen LogP contribution in [0, 0.1) is 0 Å². The van der Waals surface area contributed by atoms with Gasteiger partial charge in [0.25, 0.3) is 0 Å². The molecule has 0 amide bonds. The number of halogens is 1. The molecular weight excluding hydrogens is 312 g/mol. The van der Waals surface area contributed by atoms with Crippen LogP contribution < -0.4 is 4.74 Å². The van der Waals surface area contributed by atoms with Crippen molar-refractivity contribution in [2.45, 2.75) is 0 Å². The highest BCUT2D eigenvalue weighted by atomic mass is 35.5. The van der Waals surface area contributed by atoms with Gasteiger partial charge in [-0.3, -0.25) is 0 Å². The number of nitrogens with one attached hydrogen (secondary N) is 1. The Kier molecular flexibility index (Phi) is 3.40. The fourth-order valence-corrected chi connectivity index (χ4v) is 2.35. The first kappa shape index (κ1) is 13.7. The number of fused-ring (bicyclic) bond motifs is 1. The van der Waals surface area contributed by atoms with Crippen molar-refractivity contribution < 1.29 is 4.74 Å². The van der Waals surface area contributed by atoms with Crippen molar-refractivity contribution in [2.75, 3.05) is 0 Å². The van der Waals surface area contributed by atoms with E-state index in [2.05, 4.69) is 20.2 Å². The van der Waals surface area contributed by atoms with Crippen LogP contribution >= 0.6 is 11.6 Å². The lowest BCUT2D eigenvalue weighted by atomic mass is 10.2. The molecule has 0 bridgehead atoms. The molecule has 0 radical (unpaired) electrons. The Hall–Kier alpha value is -2.92. The molecule has 23 heavy (non-hydrogen) atoms. The lowest BCUT2D eigenvalue weighted by Gasteiger charge is -2.04. The zero-order valence-corrected chi connectivity index (χ0v) is 12.7. The number of hydrogen-bond acceptors (Lipinski definition) is 4. The third kappa shape index (κ3) is 2.86. The molecule has 0 aliphatic heterocycles. The number of benzene rings is 2. The molecule has 4 rings (SSSR count). The van der Waals surface area contributed by atoms with E-state index in [4.69, 9.17) is 16.3 Å². The minimum atomic E-state index is 0.331. The van der Waals surface area contributed by atoms with E-state index in [1.807, 2.05) is 48.5 Å². The van der Waals surface area contributed by atoms with Crippen LogP contribution in [0.4, 0.5) is 0 Å². The molecule has 2 heterocycles. The van der Waals surface area contributed by atoms with E-state index in [9.17, 15) is 0 Å². The third-order valence-electron chi connectivity index (χ3n) is 3.35. The summed E-state index contributed by atoms with van der Waals surface area (Å²) in [5, 5.41) is 7.93. The van der Waals surface area contributed by atoms with Gasteiger partial charge in [0, 0.05) is 11.6 Å². The smallest absolute Gasteiger partial charge is 0.238 e. The number of para-hydroxylation sites is 2. The standard InChI is InChI=1S/C17H11ClN4O/c18-15-9-10-16(22-21-15)23-12-7-5-11(6-8-12)17-19-13-3-1-2-4-14(13)20-17/h1-10H,(H,19,20). The molecule has 112 valence electrons. The lowest BCUT2D eigenvalue weighted by Crippen LogP contribution is -1.90. The van der Waals surface area contributed by atoms with Crippen molar-refractivity contribution in [3.05, 3.63) is 65.8 Å². The summed E-state index contributed by atoms with van der Waals surface area (Å²) >= 11 is 5.70. The monoisotopic (exact) mass is 322 g/mol. The molecule has 6 heteroatoms. The molecule has 0 unspecified atom stereocenters. The topological polar surface area (TPSA) is 63.7 Å². The molecule has 1 N–H and O–H groups in total. The molecule has 0 saturated heterocycles. The highest BCUT2D eigenvalue weighted by Gasteiger charge is 2.06. The Morgan fingerprint density at radius 1 is 0.870 bits per heavy atom. The van der Waals surface area contributed by atoms with E-state index < -0.39 is 0 Å². The van der Waals surface area contributed by atoms with Gasteiger partial charge in [-0.1, -0.05) is 23.7 Å². The van der Waals surface area contributed by atoms with Gasteiger partial charge in [0.1, 0.15) is 11.6 Å². The van der Waals surface area contributed by atoms with Crippen LogP contribution in [0.2, 0.25) is 5.15 Å². The van der Waals surface area contributed by atoms with Crippen LogP contribution in [0.3, 0.4) is 0 Å². The predicted octanol–water partition coefficient (Wildman–Crippen LogP) is 4.47. The number of ether oxygens (including phenoxy) is 1. The maximum Gasteiger partial charge on any atom is 0.238 e. The van der Waals surface area contributed by atoms with E-state index in [1.54, 1.807) is 12.1 Å². The van der Waals surface area contributed by atoms with E-state index in [-0.39, 0.29) is 0 Å². The Labute approximate surface area is 136 Å². The van der Waals surface area contributed by atoms with Crippen molar-refractivity contribution >= 4 is 22.6 Å². The van der Waals surface area contributed by atoms with Crippen LogP contribution in [0.25, 0.3) is 22.4 Å². The van der Waals surface area contributed by atoms with Crippen molar-refractivity contribution in [1.29, 1.82) is 0 Å². The van der Waals surface area contributed by atoms with Gasteiger partial charge < -0.3 is 9.72 Å². The highest BCUT2D eigenvalue weighted by molar-refractivity contribution is 6.29. The van der Waals surface area contributed by atoms with Gasteiger partial charge in [-0.25, -0.2) is 4.98 Å². The van der Waals surface area contributed by atoms with E-state index in [1.165, 1.54) is 0 Å². The van der Waals surface area contributed by atoms with Gasteiger partial charge in [0.15, 0.2) is 5.15 Å². The average Bonchev–Trinajstić information content (AvgIpc) is 3.02. The number of rotatable bonds is 3. The summed E-state index contributed by atoms with van der Waals surface area (Å²) in [5.41, 5.74) is 2.94. The minimum Gasteiger partial charge on any atom is -0.438 e. The largest absolute Gasteiger partial charge is 0.438 e. The Morgan fingerprint density at radius 3 is 2.43 bits per heavy atom. The van der Waals surface area contributed by atoms with E-state index >= 15 is 0 Å². The van der Waals surface area contributed by atoms with E-state index in [0.717, 1.165) is 22.4 Å². The zero-order chi connectivity index (χ0) is 15.6. The second kappa shape index (κ2) is 5.70. The highest BCUT2D eigenvalue weighted by Crippen LogP contribution is 2.25. The summed E-state index contributed by atoms with van der Waals surface area (Å²) in [4.78, 5) is 7.87. The van der Waals surface area contributed by atoms with Gasteiger partial charge in [-0.2, -0.15) is 0 Å². The molecule has 2 aromatic carbocycles. The van der Waals surface area contributed by atoms with Crippen LogP contribution in [0.5, 0.6) is 11.6 Å². The first-order valence-corrected chi connectivity index (χ1v) is 7.38. The Bertz CT molecular complexity index is 915. The number of hydrogen-bond donors (Lipinski definition) is 1. The number of aromatic amines is 1. The summed E-state index contributed by atoms with van der Waals surface area (Å²) in [6.07, 6.45) is 0. The molecule has 0 aliphatic carbocycles. The number of nitrogens with zero attached hydrogens (tertiary/aromatic N) is 3. The first-order chi connectivity index (χ1) is 11.3. The fraction of sp³-hybridized carbons (Fsp3) is 0. The van der Waals surface area contributed by atoms with Crippen molar-refractivity contribution in [3.63, 3.8) is 0 Å². The summed E-state index contributed by atoms with van der Waals surface area (Å²) in [6.45, 7) is 0. The van der Waals surface area contributed by atoms with Crippen molar-refractivity contribution in [3.8, 4) is 23.0 Å². The summed E-state index contributed by atoms with van der Waals surface area (Å²) in [6, 6.07) is 18.8. The van der Waals surface area contributed by atoms with Gasteiger partial charge in [0.2, 0.25) is 5.88 Å². The first-order valence-electron chi connectivity index (χ1n) is 7.00. The molecule has 0 aliphatic rings. The fourth-order valence-electron chi connectivity index (χ4n) is 2.25. The van der Waals surface area contributed by atoms with E-state index in [0.29, 0.717) is 16.8 Å². The minimum absolute atomic E-state index is 0.331. The molecule has 4 aromatic rings. The Morgan fingerprint density at radius 2 is 1.70 bits per heavy atom. The quantitative estimate of drug-likeness (QED) is 0.604. The molecule has 5 nitrogen and oxygen atoms in total. The predicted molar refractivity (Wildman–Crippen MR) is 88.6 cm³/mol. The normalized spacial score (nSPS) is 10.8. The summed E-state index contributed by atoms with van der Waals surface area (Å²) < 4.78 is 5.62. The van der Waals surface area contributed by atoms with Crippen molar-refractivity contribution in [2.24, 2.45) is 0 Å². The zero-order valence-electron chi connectivity index (χ0n) is 11.9. The second-order valence-electron chi connectivity index (χ2n) is 4.92. The van der Waals surface area contributed by atoms with Gasteiger partial charge >= 0.3 is 0 Å².